The molecule has 0 aliphatic carbocycles. The van der Waals surface area contributed by atoms with Gasteiger partial charge < -0.3 is 23.9 Å². The number of hydrogen-bond donors (Lipinski definition) is 1. The molecule has 2 atom stereocenters. The lowest BCUT2D eigenvalue weighted by molar-refractivity contribution is -0.146. The SMILES string of the molecule is CCC(COC)OC(=O)C1=C(C)/C(=C(/c2[nH]c(C)c(C(=O)OC(CC)COC)c2C)c2c(C)cc(C)cc2C)N=C1C. The number of nitrogens with one attached hydrogen (secondary N) is 1. The van der Waals surface area contributed by atoms with Crippen LogP contribution in [-0.4, -0.2) is 62.3 Å². The predicted octanol–water partition coefficient (Wildman–Crippen LogP) is 6.66. The first-order valence-electron chi connectivity index (χ1n) is 14.6. The molecule has 0 bridgehead atoms. The molecule has 1 aromatic carbocycles. The van der Waals surface area contributed by atoms with Crippen LogP contribution < -0.4 is 0 Å². The van der Waals surface area contributed by atoms with Gasteiger partial charge in [-0.05, 0) is 89.1 Å². The maximum absolute atomic E-state index is 13.4. The summed E-state index contributed by atoms with van der Waals surface area (Å²) in [6, 6.07) is 4.27. The van der Waals surface area contributed by atoms with Crippen LogP contribution >= 0.6 is 0 Å². The van der Waals surface area contributed by atoms with Crippen molar-refractivity contribution in [1.82, 2.24) is 4.98 Å². The largest absolute Gasteiger partial charge is 0.456 e. The highest BCUT2D eigenvalue weighted by Gasteiger charge is 2.32. The van der Waals surface area contributed by atoms with E-state index in [0.717, 1.165) is 44.7 Å². The lowest BCUT2D eigenvalue weighted by Crippen LogP contribution is -2.24. The number of esters is 2. The fourth-order valence-electron chi connectivity index (χ4n) is 5.75. The summed E-state index contributed by atoms with van der Waals surface area (Å²) in [5.41, 5.74) is 10.3. The third kappa shape index (κ3) is 6.76. The van der Waals surface area contributed by atoms with Gasteiger partial charge in [-0.15, -0.1) is 0 Å². The minimum Gasteiger partial charge on any atom is -0.456 e. The second-order valence-corrected chi connectivity index (χ2v) is 11.1. The number of aromatic nitrogens is 1. The van der Waals surface area contributed by atoms with Gasteiger partial charge in [0.1, 0.15) is 12.2 Å². The highest BCUT2D eigenvalue weighted by molar-refractivity contribution is 6.23. The molecule has 8 nitrogen and oxygen atoms in total. The summed E-state index contributed by atoms with van der Waals surface area (Å²) < 4.78 is 22.1. The van der Waals surface area contributed by atoms with Crippen molar-refractivity contribution in [1.29, 1.82) is 0 Å². The summed E-state index contributed by atoms with van der Waals surface area (Å²) in [4.78, 5) is 35.3. The Morgan fingerprint density at radius 1 is 0.810 bits per heavy atom. The Kier molecular flexibility index (Phi) is 11.1. The molecule has 3 rings (SSSR count). The Morgan fingerprint density at radius 2 is 1.33 bits per heavy atom. The van der Waals surface area contributed by atoms with Crippen LogP contribution in [0.4, 0.5) is 0 Å². The van der Waals surface area contributed by atoms with Gasteiger partial charge in [-0.1, -0.05) is 31.5 Å². The Balaban J connectivity index is 2.28. The van der Waals surface area contributed by atoms with Crippen molar-refractivity contribution in [3.05, 3.63) is 73.7 Å². The Hall–Kier alpha value is -3.49. The molecule has 1 aromatic heterocycles. The molecular formula is C34H46N2O6. The smallest absolute Gasteiger partial charge is 0.340 e. The maximum Gasteiger partial charge on any atom is 0.340 e. The third-order valence-electron chi connectivity index (χ3n) is 7.79. The molecule has 1 N–H and O–H groups in total. The molecule has 0 fully saturated rings. The zero-order chi connectivity index (χ0) is 31.3. The van der Waals surface area contributed by atoms with E-state index in [4.69, 9.17) is 23.9 Å². The Bertz CT molecular complexity index is 1420. The van der Waals surface area contributed by atoms with Gasteiger partial charge in [0.05, 0.1) is 41.5 Å². The molecule has 0 saturated carbocycles. The van der Waals surface area contributed by atoms with Gasteiger partial charge in [0.25, 0.3) is 0 Å². The van der Waals surface area contributed by atoms with Crippen molar-refractivity contribution in [3.8, 4) is 0 Å². The van der Waals surface area contributed by atoms with Gasteiger partial charge in [-0.25, -0.2) is 9.59 Å². The number of nitrogens with zero attached hydrogens (tertiary/aromatic N) is 1. The van der Waals surface area contributed by atoms with E-state index in [1.54, 1.807) is 14.2 Å². The maximum atomic E-state index is 13.4. The van der Waals surface area contributed by atoms with Crippen molar-refractivity contribution in [2.24, 2.45) is 4.99 Å². The summed E-state index contributed by atoms with van der Waals surface area (Å²) in [6.45, 7) is 18.3. The third-order valence-corrected chi connectivity index (χ3v) is 7.79. The second kappa shape index (κ2) is 14.1. The van der Waals surface area contributed by atoms with Crippen LogP contribution in [0.2, 0.25) is 0 Å². The average Bonchev–Trinajstić information content (AvgIpc) is 3.38. The minimum atomic E-state index is -0.420. The number of allylic oxidation sites excluding steroid dienone is 1. The molecule has 2 heterocycles. The number of carbonyl (C=O) groups excluding carboxylic acids is 2. The van der Waals surface area contributed by atoms with E-state index in [1.165, 1.54) is 0 Å². The van der Waals surface area contributed by atoms with E-state index >= 15 is 0 Å². The number of ether oxygens (including phenoxy) is 4. The van der Waals surface area contributed by atoms with Crippen molar-refractivity contribution in [2.75, 3.05) is 27.4 Å². The van der Waals surface area contributed by atoms with Crippen LogP contribution in [0, 0.1) is 34.6 Å². The van der Waals surface area contributed by atoms with Crippen molar-refractivity contribution >= 4 is 23.2 Å². The molecule has 2 unspecified atom stereocenters. The van der Waals surface area contributed by atoms with Gasteiger partial charge in [0.15, 0.2) is 0 Å². The summed E-state index contributed by atoms with van der Waals surface area (Å²) >= 11 is 0. The van der Waals surface area contributed by atoms with E-state index in [0.29, 0.717) is 54.3 Å². The van der Waals surface area contributed by atoms with Crippen molar-refractivity contribution in [2.45, 2.75) is 87.4 Å². The topological polar surface area (TPSA) is 99.2 Å². The highest BCUT2D eigenvalue weighted by atomic mass is 16.6. The molecule has 8 heteroatoms. The number of carbonyl (C=O) groups is 2. The zero-order valence-electron chi connectivity index (χ0n) is 27.0. The predicted molar refractivity (Wildman–Crippen MR) is 166 cm³/mol. The van der Waals surface area contributed by atoms with E-state index < -0.39 is 11.9 Å². The van der Waals surface area contributed by atoms with E-state index in [-0.39, 0.29) is 12.2 Å². The van der Waals surface area contributed by atoms with Crippen LogP contribution in [0.25, 0.3) is 5.57 Å². The van der Waals surface area contributed by atoms with E-state index in [9.17, 15) is 9.59 Å². The number of hydrogen-bond acceptors (Lipinski definition) is 7. The summed E-state index contributed by atoms with van der Waals surface area (Å²) in [5, 5.41) is 0. The molecule has 228 valence electrons. The monoisotopic (exact) mass is 578 g/mol. The number of aryl methyl sites for hydroxylation is 4. The van der Waals surface area contributed by atoms with Gasteiger partial charge in [0, 0.05) is 25.5 Å². The van der Waals surface area contributed by atoms with E-state index in [1.807, 2.05) is 41.5 Å². The zero-order valence-corrected chi connectivity index (χ0v) is 27.0. The molecule has 0 saturated heterocycles. The molecule has 42 heavy (non-hydrogen) atoms. The van der Waals surface area contributed by atoms with Gasteiger partial charge in [-0.3, -0.25) is 4.99 Å². The van der Waals surface area contributed by atoms with Crippen LogP contribution in [-0.2, 0) is 23.7 Å². The number of aliphatic imine (C=N–C) groups is 1. The van der Waals surface area contributed by atoms with Crippen molar-refractivity contribution < 1.29 is 28.5 Å². The fourth-order valence-corrected chi connectivity index (χ4v) is 5.75. The molecule has 0 amide bonds. The van der Waals surface area contributed by atoms with E-state index in [2.05, 4.69) is 37.9 Å². The minimum absolute atomic E-state index is 0.323. The molecule has 0 radical (unpaired) electrons. The Labute approximate surface area is 250 Å². The molecule has 0 spiro atoms. The second-order valence-electron chi connectivity index (χ2n) is 11.1. The number of H-pyrrole nitrogens is 1. The molecular weight excluding hydrogens is 532 g/mol. The van der Waals surface area contributed by atoms with Crippen molar-refractivity contribution in [3.63, 3.8) is 0 Å². The summed E-state index contributed by atoms with van der Waals surface area (Å²) in [5.74, 6) is -0.818. The first kappa shape index (κ1) is 33.0. The molecule has 2 aromatic rings. The Morgan fingerprint density at radius 3 is 1.83 bits per heavy atom. The van der Waals surface area contributed by atoms with Crippen LogP contribution in [0.1, 0.15) is 90.1 Å². The first-order valence-corrected chi connectivity index (χ1v) is 14.6. The normalized spacial score (nSPS) is 15.9. The molecule has 1 aliphatic rings. The van der Waals surface area contributed by atoms with Gasteiger partial charge in [-0.2, -0.15) is 0 Å². The lowest BCUT2D eigenvalue weighted by Gasteiger charge is -2.19. The highest BCUT2D eigenvalue weighted by Crippen LogP contribution is 2.41. The first-order chi connectivity index (χ1) is 19.9. The molecule has 1 aliphatic heterocycles. The number of benzene rings is 1. The van der Waals surface area contributed by atoms with Crippen LogP contribution in [0.15, 0.2) is 34.0 Å². The van der Waals surface area contributed by atoms with Crippen LogP contribution in [0.5, 0.6) is 0 Å². The van der Waals surface area contributed by atoms with Gasteiger partial charge in [0.2, 0.25) is 0 Å². The lowest BCUT2D eigenvalue weighted by atomic mass is 9.87. The quantitative estimate of drug-likeness (QED) is 0.283. The van der Waals surface area contributed by atoms with Crippen LogP contribution in [0.3, 0.4) is 0 Å². The number of rotatable bonds is 12. The summed E-state index contributed by atoms with van der Waals surface area (Å²) in [6.07, 6.45) is 0.592. The number of aromatic amines is 1. The summed E-state index contributed by atoms with van der Waals surface area (Å²) in [7, 11) is 3.18. The number of methoxy groups -OCH3 is 2. The fraction of sp³-hybridized carbons (Fsp3) is 0.500. The van der Waals surface area contributed by atoms with Gasteiger partial charge >= 0.3 is 11.9 Å². The standard InChI is InChI=1S/C34H46N2O6/c1-12-25(16-39-10)41-33(37)28-21(6)31(35-23(28)8)30(27-19(4)14-18(3)15-20(27)5)32-22(7)29(24(9)36-32)34(38)42-26(13-2)17-40-11/h14-15,25-26,35H,12-13,16-17H2,1-11H3/b32-30-. The average molecular weight is 579 g/mol.